The van der Waals surface area contributed by atoms with E-state index in [1.54, 1.807) is 0 Å². The van der Waals surface area contributed by atoms with E-state index in [0.29, 0.717) is 0 Å². The van der Waals surface area contributed by atoms with E-state index in [1.807, 2.05) is 12.1 Å². The molecule has 0 N–H and O–H groups in total. The van der Waals surface area contributed by atoms with Crippen LogP contribution in [0.2, 0.25) is 0 Å². The molecular weight excluding hydrogens is 865 g/mol. The van der Waals surface area contributed by atoms with Gasteiger partial charge in [0, 0.05) is 44.3 Å². The van der Waals surface area contributed by atoms with Gasteiger partial charge in [-0.05, 0) is 122 Å². The van der Waals surface area contributed by atoms with Crippen LogP contribution in [0, 0.1) is 0 Å². The predicted octanol–water partition coefficient (Wildman–Crippen LogP) is 14.9. The van der Waals surface area contributed by atoms with E-state index in [-0.39, 0.29) is 0 Å². The molecule has 13 rings (SSSR count). The lowest BCUT2D eigenvalue weighted by atomic mass is 9.99. The van der Waals surface area contributed by atoms with Gasteiger partial charge in [0.2, 0.25) is 0 Å². The highest BCUT2D eigenvalue weighted by Gasteiger charge is 2.41. The van der Waals surface area contributed by atoms with E-state index >= 15 is 0 Å². The molecule has 13 aromatic rings. The number of anilines is 3. The number of rotatable bonds is 10. The Labute approximate surface area is 408 Å². The minimum absolute atomic E-state index is 0.893. The van der Waals surface area contributed by atoms with Crippen molar-refractivity contribution >= 4 is 89.6 Å². The molecule has 0 saturated carbocycles. The van der Waals surface area contributed by atoms with E-state index < -0.39 is 8.07 Å². The summed E-state index contributed by atoms with van der Waals surface area (Å²) >= 11 is 0. The second-order valence-corrected chi connectivity index (χ2v) is 21.8. The Bertz CT molecular complexity index is 3880. The molecule has 0 unspecified atom stereocenters. The van der Waals surface area contributed by atoms with E-state index in [9.17, 15) is 0 Å². The van der Waals surface area contributed by atoms with Gasteiger partial charge >= 0.3 is 0 Å². The molecule has 0 spiro atoms. The topological polar surface area (TPSA) is 21.3 Å². The lowest BCUT2D eigenvalue weighted by Gasteiger charge is -2.35. The van der Waals surface area contributed by atoms with Crippen molar-refractivity contribution in [2.24, 2.45) is 0 Å². The average Bonchev–Trinajstić information content (AvgIpc) is 3.99. The molecule has 70 heavy (non-hydrogen) atoms. The van der Waals surface area contributed by atoms with Crippen LogP contribution in [0.25, 0.3) is 71.7 Å². The van der Waals surface area contributed by atoms with Gasteiger partial charge in [0.1, 0.15) is 11.2 Å². The first kappa shape index (κ1) is 41.2. The Morgan fingerprint density at radius 3 is 1.47 bits per heavy atom. The van der Waals surface area contributed by atoms with Crippen molar-refractivity contribution in [2.75, 3.05) is 4.90 Å². The molecular formula is C66H46N2OSi. The van der Waals surface area contributed by atoms with E-state index in [0.717, 1.165) is 55.8 Å². The van der Waals surface area contributed by atoms with Crippen LogP contribution < -0.4 is 25.6 Å². The summed E-state index contributed by atoms with van der Waals surface area (Å²) in [6.45, 7) is 0. The van der Waals surface area contributed by atoms with Gasteiger partial charge < -0.3 is 13.9 Å². The molecule has 11 aromatic carbocycles. The van der Waals surface area contributed by atoms with Crippen molar-refractivity contribution in [1.29, 1.82) is 0 Å². The Kier molecular flexibility index (Phi) is 10.2. The maximum absolute atomic E-state index is 6.33. The van der Waals surface area contributed by atoms with Gasteiger partial charge in [-0.15, -0.1) is 0 Å². The van der Waals surface area contributed by atoms with Gasteiger partial charge in [-0.25, -0.2) is 0 Å². The van der Waals surface area contributed by atoms with Crippen LogP contribution in [0.1, 0.15) is 0 Å². The number of para-hydroxylation sites is 3. The quantitative estimate of drug-likeness (QED) is 0.101. The van der Waals surface area contributed by atoms with Crippen molar-refractivity contribution in [1.82, 2.24) is 4.57 Å². The summed E-state index contributed by atoms with van der Waals surface area (Å²) in [6, 6.07) is 102. The van der Waals surface area contributed by atoms with Gasteiger partial charge in [-0.2, -0.15) is 0 Å². The Morgan fingerprint density at radius 2 is 0.814 bits per heavy atom. The van der Waals surface area contributed by atoms with Crippen LogP contribution >= 0.6 is 0 Å². The van der Waals surface area contributed by atoms with Gasteiger partial charge in [0.25, 0.3) is 0 Å². The number of fused-ring (bicyclic) bond motifs is 6. The molecule has 0 aliphatic carbocycles. The summed E-state index contributed by atoms with van der Waals surface area (Å²) in [5.41, 5.74) is 13.2. The first-order valence-electron chi connectivity index (χ1n) is 24.0. The normalized spacial score (nSPS) is 11.7. The molecule has 0 saturated heterocycles. The van der Waals surface area contributed by atoms with E-state index in [4.69, 9.17) is 4.42 Å². The number of furan rings is 1. The summed E-state index contributed by atoms with van der Waals surface area (Å²) in [6.07, 6.45) is 0. The van der Waals surface area contributed by atoms with Crippen molar-refractivity contribution < 1.29 is 4.42 Å². The maximum Gasteiger partial charge on any atom is 0.179 e. The van der Waals surface area contributed by atoms with E-state index in [1.165, 1.54) is 53.7 Å². The second-order valence-electron chi connectivity index (χ2n) is 18.0. The first-order valence-corrected chi connectivity index (χ1v) is 26.0. The molecule has 0 bridgehead atoms. The minimum atomic E-state index is -2.83. The van der Waals surface area contributed by atoms with Crippen LogP contribution in [0.5, 0.6) is 0 Å². The third-order valence-electron chi connectivity index (χ3n) is 14.1. The minimum Gasteiger partial charge on any atom is -0.456 e. The van der Waals surface area contributed by atoms with Gasteiger partial charge in [0.15, 0.2) is 8.07 Å². The van der Waals surface area contributed by atoms with Gasteiger partial charge in [-0.3, -0.25) is 0 Å². The monoisotopic (exact) mass is 910 g/mol. The van der Waals surface area contributed by atoms with Crippen molar-refractivity contribution in [2.45, 2.75) is 0 Å². The highest BCUT2D eigenvalue weighted by molar-refractivity contribution is 7.19. The Hall–Kier alpha value is -8.96. The SMILES string of the molecule is c1ccc(-n2c3ccccc3c3c(-c4ccc(N(c5ccc(-c6ccc7c(c6)oc6ccccc67)cc5)c5cccc([Si](c6ccccc6)(c6ccccc6)c6ccccc6)c5)cc4)cccc32)cc1. The molecule has 0 atom stereocenters. The Morgan fingerprint density at radius 1 is 0.314 bits per heavy atom. The van der Waals surface area contributed by atoms with Crippen LogP contribution in [-0.2, 0) is 0 Å². The smallest absolute Gasteiger partial charge is 0.179 e. The maximum atomic E-state index is 6.33. The van der Waals surface area contributed by atoms with Crippen LogP contribution in [0.3, 0.4) is 0 Å². The first-order chi connectivity index (χ1) is 34.7. The highest BCUT2D eigenvalue weighted by atomic mass is 28.3. The number of nitrogens with zero attached hydrogens (tertiary/aromatic N) is 2. The summed E-state index contributed by atoms with van der Waals surface area (Å²) in [4.78, 5) is 2.42. The fraction of sp³-hybridized carbons (Fsp3) is 0. The van der Waals surface area contributed by atoms with Crippen molar-refractivity contribution in [3.63, 3.8) is 0 Å². The third-order valence-corrected chi connectivity index (χ3v) is 18.9. The molecule has 0 fully saturated rings. The average molecular weight is 911 g/mol. The number of benzene rings is 11. The molecule has 3 nitrogen and oxygen atoms in total. The molecule has 2 aromatic heterocycles. The van der Waals surface area contributed by atoms with Crippen LogP contribution in [0.4, 0.5) is 17.1 Å². The molecule has 4 heteroatoms. The lowest BCUT2D eigenvalue weighted by Crippen LogP contribution is -2.74. The molecule has 0 radical (unpaired) electrons. The number of aromatic nitrogens is 1. The molecule has 2 heterocycles. The van der Waals surface area contributed by atoms with Gasteiger partial charge in [0.05, 0.1) is 11.0 Å². The Balaban J connectivity index is 0.972. The van der Waals surface area contributed by atoms with E-state index in [2.05, 4.69) is 276 Å². The third kappa shape index (κ3) is 6.88. The predicted molar refractivity (Wildman–Crippen MR) is 297 cm³/mol. The molecule has 0 aliphatic rings. The van der Waals surface area contributed by atoms with Gasteiger partial charge in [-0.1, -0.05) is 200 Å². The zero-order chi connectivity index (χ0) is 46.4. The molecule has 0 aliphatic heterocycles. The lowest BCUT2D eigenvalue weighted by molar-refractivity contribution is 0.669. The molecule has 330 valence electrons. The standard InChI is InChI=1S/C66H46N2OSi/c1-5-19-50(20-6-1)68-62-32-15-13-30-61(62)66-58(31-18-33-63(66)68)48-37-42-52(43-38-48)67(51-40-35-47(36-41-51)49-39-44-60-59-29-14-16-34-64(59)69-65(60)45-49)53-21-17-28-57(46-53)70(54-22-7-2-8-23-54,55-24-9-3-10-25-55)56-26-11-4-12-27-56/h1-46H. The largest absolute Gasteiger partial charge is 0.456 e. The summed E-state index contributed by atoms with van der Waals surface area (Å²) in [5.74, 6) is 0. The number of hydrogen-bond donors (Lipinski definition) is 0. The number of hydrogen-bond acceptors (Lipinski definition) is 2. The summed E-state index contributed by atoms with van der Waals surface area (Å²) in [7, 11) is -2.83. The fourth-order valence-corrected chi connectivity index (χ4v) is 15.8. The van der Waals surface area contributed by atoms with Crippen LogP contribution in [0.15, 0.2) is 283 Å². The van der Waals surface area contributed by atoms with Crippen molar-refractivity contribution in [3.8, 4) is 27.9 Å². The molecule has 0 amide bonds. The van der Waals surface area contributed by atoms with Crippen molar-refractivity contribution in [3.05, 3.63) is 279 Å². The van der Waals surface area contributed by atoms with Crippen LogP contribution in [-0.4, -0.2) is 12.6 Å². The highest BCUT2D eigenvalue weighted by Crippen LogP contribution is 2.41. The summed E-state index contributed by atoms with van der Waals surface area (Å²) < 4.78 is 8.72. The second kappa shape index (κ2) is 17.3. The zero-order valence-corrected chi connectivity index (χ0v) is 39.4. The fourth-order valence-electron chi connectivity index (χ4n) is 11.0. The summed E-state index contributed by atoms with van der Waals surface area (Å²) in [5, 5.41) is 10.1. The zero-order valence-electron chi connectivity index (χ0n) is 38.4.